The maximum absolute atomic E-state index is 13.8. The number of aryl methyl sites for hydroxylation is 2. The Hall–Kier alpha value is -2.50. The predicted octanol–water partition coefficient (Wildman–Crippen LogP) is 3.18. The van der Waals surface area contributed by atoms with Crippen LogP contribution in [0.25, 0.3) is 11.4 Å². The van der Waals surface area contributed by atoms with Crippen LogP contribution in [0.15, 0.2) is 43.0 Å². The average Bonchev–Trinajstić information content (AvgIpc) is 3.11. The van der Waals surface area contributed by atoms with Gasteiger partial charge in [-0.2, -0.15) is 0 Å². The lowest BCUT2D eigenvalue weighted by molar-refractivity contribution is 0.579. The van der Waals surface area contributed by atoms with Crippen molar-refractivity contribution in [3.05, 3.63) is 60.4 Å². The Morgan fingerprint density at radius 1 is 1.10 bits per heavy atom. The molecule has 4 nitrogen and oxygen atoms in total. The fourth-order valence-electron chi connectivity index (χ4n) is 2.28. The molecule has 1 N–H and O–H groups in total. The molecule has 0 fully saturated rings. The van der Waals surface area contributed by atoms with Crippen LogP contribution in [0.2, 0.25) is 0 Å². The number of hydrogen-bond donors (Lipinski definition) is 1. The summed E-state index contributed by atoms with van der Waals surface area (Å²) in [6, 6.07) is 3.82. The van der Waals surface area contributed by atoms with Gasteiger partial charge in [0.25, 0.3) is 0 Å². The fourth-order valence-corrected chi connectivity index (χ4v) is 2.28. The van der Waals surface area contributed by atoms with E-state index in [1.165, 1.54) is 18.2 Å². The van der Waals surface area contributed by atoms with Gasteiger partial charge in [0.1, 0.15) is 23.3 Å². The van der Waals surface area contributed by atoms with Crippen LogP contribution in [-0.4, -0.2) is 19.5 Å². The Morgan fingerprint density at radius 3 is 2.62 bits per heavy atom. The molecule has 0 aliphatic carbocycles. The standard InChI is InChI=1S/C15H14F2N4/c16-11-3-1-4-12(17)14(11)15-20-8-10-21(15)9-2-5-13-18-6-7-19-13/h1,3-4,6-8,10H,2,5,9H2,(H,18,19). The highest BCUT2D eigenvalue weighted by molar-refractivity contribution is 5.57. The quantitative estimate of drug-likeness (QED) is 0.783. The number of aromatic nitrogens is 4. The highest BCUT2D eigenvalue weighted by atomic mass is 19.1. The first kappa shape index (κ1) is 13.5. The van der Waals surface area contributed by atoms with Crippen molar-refractivity contribution in [1.29, 1.82) is 0 Å². The first-order valence-electron chi connectivity index (χ1n) is 6.69. The molecular formula is C15H14F2N4. The fraction of sp³-hybridized carbons (Fsp3) is 0.200. The SMILES string of the molecule is Fc1cccc(F)c1-c1nccn1CCCc1ncc[nH]1. The summed E-state index contributed by atoms with van der Waals surface area (Å²) in [4.78, 5) is 11.3. The summed E-state index contributed by atoms with van der Waals surface area (Å²) in [5.74, 6) is 0.000696. The molecule has 3 rings (SSSR count). The van der Waals surface area contributed by atoms with Crippen LogP contribution >= 0.6 is 0 Å². The van der Waals surface area contributed by atoms with Crippen LogP contribution in [0, 0.1) is 11.6 Å². The molecule has 0 aliphatic rings. The Balaban J connectivity index is 1.78. The maximum Gasteiger partial charge on any atom is 0.145 e. The molecule has 1 aromatic carbocycles. The summed E-state index contributed by atoms with van der Waals surface area (Å²) in [6.45, 7) is 0.615. The van der Waals surface area contributed by atoms with Crippen molar-refractivity contribution < 1.29 is 8.78 Å². The number of hydrogen-bond acceptors (Lipinski definition) is 2. The summed E-state index contributed by atoms with van der Waals surface area (Å²) in [6.07, 6.45) is 8.31. The van der Waals surface area contributed by atoms with Crippen LogP contribution in [0.5, 0.6) is 0 Å². The maximum atomic E-state index is 13.8. The van der Waals surface area contributed by atoms with Gasteiger partial charge in [0, 0.05) is 37.8 Å². The molecule has 2 heterocycles. The van der Waals surface area contributed by atoms with Crippen LogP contribution in [0.1, 0.15) is 12.2 Å². The van der Waals surface area contributed by atoms with Gasteiger partial charge in [0.2, 0.25) is 0 Å². The molecule has 3 aromatic rings. The zero-order chi connectivity index (χ0) is 14.7. The highest BCUT2D eigenvalue weighted by Gasteiger charge is 2.15. The van der Waals surface area contributed by atoms with E-state index in [4.69, 9.17) is 0 Å². The lowest BCUT2D eigenvalue weighted by atomic mass is 10.2. The summed E-state index contributed by atoms with van der Waals surface area (Å²) in [7, 11) is 0. The monoisotopic (exact) mass is 288 g/mol. The number of H-pyrrole nitrogens is 1. The van der Waals surface area contributed by atoms with Gasteiger partial charge < -0.3 is 9.55 Å². The minimum absolute atomic E-state index is 0.0829. The van der Waals surface area contributed by atoms with E-state index in [-0.39, 0.29) is 5.56 Å². The first-order chi connectivity index (χ1) is 10.3. The third-order valence-corrected chi connectivity index (χ3v) is 3.27. The van der Waals surface area contributed by atoms with E-state index >= 15 is 0 Å². The van der Waals surface area contributed by atoms with Crippen molar-refractivity contribution in [2.75, 3.05) is 0 Å². The number of rotatable bonds is 5. The molecule has 0 atom stereocenters. The van der Waals surface area contributed by atoms with Crippen LogP contribution in [-0.2, 0) is 13.0 Å². The Labute approximate surface area is 120 Å². The number of nitrogens with zero attached hydrogens (tertiary/aromatic N) is 3. The number of imidazole rings is 2. The topological polar surface area (TPSA) is 46.5 Å². The molecule has 0 aliphatic heterocycles. The van der Waals surface area contributed by atoms with Gasteiger partial charge in [0.15, 0.2) is 0 Å². The summed E-state index contributed by atoms with van der Waals surface area (Å²) in [5, 5.41) is 0. The van der Waals surface area contributed by atoms with Crippen molar-refractivity contribution in [3.8, 4) is 11.4 Å². The van der Waals surface area contributed by atoms with E-state index in [0.717, 1.165) is 18.7 Å². The van der Waals surface area contributed by atoms with E-state index in [0.29, 0.717) is 12.4 Å². The second-order valence-corrected chi connectivity index (χ2v) is 4.68. The van der Waals surface area contributed by atoms with Gasteiger partial charge in [-0.05, 0) is 18.6 Å². The van der Waals surface area contributed by atoms with Crippen LogP contribution in [0.4, 0.5) is 8.78 Å². The molecule has 6 heteroatoms. The molecule has 21 heavy (non-hydrogen) atoms. The van der Waals surface area contributed by atoms with E-state index in [1.807, 2.05) is 0 Å². The summed E-state index contributed by atoms with van der Waals surface area (Å²) < 4.78 is 29.4. The lowest BCUT2D eigenvalue weighted by Crippen LogP contribution is -2.04. The zero-order valence-electron chi connectivity index (χ0n) is 11.3. The average molecular weight is 288 g/mol. The normalized spacial score (nSPS) is 11.0. The smallest absolute Gasteiger partial charge is 0.145 e. The summed E-state index contributed by atoms with van der Waals surface area (Å²) in [5.41, 5.74) is -0.0829. The Bertz CT molecular complexity index is 699. The molecule has 108 valence electrons. The van der Waals surface area contributed by atoms with E-state index < -0.39 is 11.6 Å². The second-order valence-electron chi connectivity index (χ2n) is 4.68. The highest BCUT2D eigenvalue weighted by Crippen LogP contribution is 2.24. The molecule has 0 amide bonds. The second kappa shape index (κ2) is 5.87. The van der Waals surface area contributed by atoms with Crippen LogP contribution in [0.3, 0.4) is 0 Å². The molecule has 0 saturated carbocycles. The number of benzene rings is 1. The van der Waals surface area contributed by atoms with Gasteiger partial charge in [-0.25, -0.2) is 18.7 Å². The molecule has 0 radical (unpaired) electrons. The predicted molar refractivity (Wildman–Crippen MR) is 74.5 cm³/mol. The molecule has 2 aromatic heterocycles. The van der Waals surface area contributed by atoms with Crippen molar-refractivity contribution in [3.63, 3.8) is 0 Å². The number of nitrogens with one attached hydrogen (secondary N) is 1. The molecule has 0 spiro atoms. The van der Waals surface area contributed by atoms with Crippen molar-refractivity contribution >= 4 is 0 Å². The van der Waals surface area contributed by atoms with Gasteiger partial charge in [-0.15, -0.1) is 0 Å². The Kier molecular flexibility index (Phi) is 3.77. The van der Waals surface area contributed by atoms with Gasteiger partial charge in [-0.1, -0.05) is 6.07 Å². The third-order valence-electron chi connectivity index (χ3n) is 3.27. The van der Waals surface area contributed by atoms with Gasteiger partial charge in [-0.3, -0.25) is 0 Å². The third kappa shape index (κ3) is 2.84. The number of aromatic amines is 1. The largest absolute Gasteiger partial charge is 0.349 e. The van der Waals surface area contributed by atoms with E-state index in [2.05, 4.69) is 15.0 Å². The van der Waals surface area contributed by atoms with Crippen molar-refractivity contribution in [2.24, 2.45) is 0 Å². The van der Waals surface area contributed by atoms with Crippen LogP contribution < -0.4 is 0 Å². The molecular weight excluding hydrogens is 274 g/mol. The summed E-state index contributed by atoms with van der Waals surface area (Å²) >= 11 is 0. The van der Waals surface area contributed by atoms with Gasteiger partial charge >= 0.3 is 0 Å². The molecule has 0 bridgehead atoms. The molecule has 0 saturated heterocycles. The van der Waals surface area contributed by atoms with E-state index in [1.54, 1.807) is 29.4 Å². The van der Waals surface area contributed by atoms with Gasteiger partial charge in [0.05, 0.1) is 5.56 Å². The first-order valence-corrected chi connectivity index (χ1v) is 6.69. The van der Waals surface area contributed by atoms with Crippen molar-refractivity contribution in [2.45, 2.75) is 19.4 Å². The minimum atomic E-state index is -0.603. The van der Waals surface area contributed by atoms with Crippen molar-refractivity contribution in [1.82, 2.24) is 19.5 Å². The molecule has 0 unspecified atom stereocenters. The zero-order valence-corrected chi connectivity index (χ0v) is 11.3. The van der Waals surface area contributed by atoms with E-state index in [9.17, 15) is 8.78 Å². The Morgan fingerprint density at radius 2 is 1.90 bits per heavy atom. The minimum Gasteiger partial charge on any atom is -0.349 e. The lowest BCUT2D eigenvalue weighted by Gasteiger charge is -2.09. The number of halogens is 2.